The van der Waals surface area contributed by atoms with Crippen molar-refractivity contribution >= 4 is 11.0 Å². The normalized spacial score (nSPS) is 11.6. The van der Waals surface area contributed by atoms with Crippen LogP contribution in [-0.4, -0.2) is 21.1 Å². The topological polar surface area (TPSA) is 56.7 Å². The Labute approximate surface area is 108 Å². The molecule has 0 spiro atoms. The van der Waals surface area contributed by atoms with E-state index in [0.717, 1.165) is 31.3 Å². The first-order valence-corrected chi connectivity index (χ1v) is 6.75. The molecule has 0 aliphatic heterocycles. The maximum atomic E-state index is 5.52. The highest BCUT2D eigenvalue weighted by molar-refractivity contribution is 5.74. The molecule has 2 N–H and O–H groups in total. The van der Waals surface area contributed by atoms with Crippen molar-refractivity contribution in [2.24, 2.45) is 5.73 Å². The first-order chi connectivity index (χ1) is 8.74. The zero-order chi connectivity index (χ0) is 13.0. The summed E-state index contributed by atoms with van der Waals surface area (Å²) >= 11 is 0. The Bertz CT molecular complexity index is 501. The Morgan fingerprint density at radius 1 is 1.28 bits per heavy atom. The van der Waals surface area contributed by atoms with Gasteiger partial charge in [0.05, 0.1) is 11.7 Å². The molecule has 2 heterocycles. The third-order valence-corrected chi connectivity index (χ3v) is 3.19. The van der Waals surface area contributed by atoms with Crippen LogP contribution in [0.15, 0.2) is 18.5 Å². The molecule has 0 amide bonds. The Morgan fingerprint density at radius 3 is 2.83 bits per heavy atom. The van der Waals surface area contributed by atoms with Crippen LogP contribution in [-0.2, 0) is 6.42 Å². The van der Waals surface area contributed by atoms with Gasteiger partial charge in [-0.15, -0.1) is 0 Å². The monoisotopic (exact) mass is 246 g/mol. The van der Waals surface area contributed by atoms with Gasteiger partial charge in [-0.25, -0.2) is 4.98 Å². The molecule has 0 saturated carbocycles. The highest BCUT2D eigenvalue weighted by Crippen LogP contribution is 2.21. The van der Waals surface area contributed by atoms with Gasteiger partial charge < -0.3 is 10.3 Å². The predicted molar refractivity (Wildman–Crippen MR) is 74.5 cm³/mol. The summed E-state index contributed by atoms with van der Waals surface area (Å²) in [5, 5.41) is 0. The quantitative estimate of drug-likeness (QED) is 0.797. The molecule has 0 fully saturated rings. The minimum atomic E-state index is 0.432. The first-order valence-electron chi connectivity index (χ1n) is 6.75. The smallest absolute Gasteiger partial charge is 0.110 e. The minimum Gasteiger partial charge on any atom is -0.330 e. The molecule has 2 aromatic heterocycles. The maximum absolute atomic E-state index is 5.52. The van der Waals surface area contributed by atoms with E-state index in [1.165, 1.54) is 17.8 Å². The van der Waals surface area contributed by atoms with Crippen LogP contribution >= 0.6 is 0 Å². The van der Waals surface area contributed by atoms with Gasteiger partial charge >= 0.3 is 0 Å². The second kappa shape index (κ2) is 5.96. The second-order valence-corrected chi connectivity index (χ2v) is 4.96. The van der Waals surface area contributed by atoms with Crippen LogP contribution in [0.1, 0.15) is 45.0 Å². The molecule has 0 radical (unpaired) electrons. The third-order valence-electron chi connectivity index (χ3n) is 3.19. The summed E-state index contributed by atoms with van der Waals surface area (Å²) in [7, 11) is 0. The van der Waals surface area contributed by atoms with E-state index in [9.17, 15) is 0 Å². The third kappa shape index (κ3) is 2.70. The lowest BCUT2D eigenvalue weighted by Gasteiger charge is -2.12. The van der Waals surface area contributed by atoms with E-state index < -0.39 is 0 Å². The minimum absolute atomic E-state index is 0.432. The maximum Gasteiger partial charge on any atom is 0.110 e. The second-order valence-electron chi connectivity index (χ2n) is 4.96. The number of fused-ring (bicyclic) bond motifs is 1. The van der Waals surface area contributed by atoms with Crippen molar-refractivity contribution in [3.8, 4) is 0 Å². The zero-order valence-corrected chi connectivity index (χ0v) is 11.3. The van der Waals surface area contributed by atoms with E-state index >= 15 is 0 Å². The molecule has 2 rings (SSSR count). The Hall–Kier alpha value is -1.42. The molecule has 4 nitrogen and oxygen atoms in total. The molecule has 98 valence electrons. The van der Waals surface area contributed by atoms with E-state index in [-0.39, 0.29) is 0 Å². The van der Waals surface area contributed by atoms with Gasteiger partial charge in [0.1, 0.15) is 11.3 Å². The van der Waals surface area contributed by atoms with Crippen molar-refractivity contribution in [2.75, 3.05) is 6.54 Å². The number of hydrogen-bond donors (Lipinski definition) is 1. The van der Waals surface area contributed by atoms with Gasteiger partial charge in [-0.05, 0) is 39.3 Å². The van der Waals surface area contributed by atoms with Gasteiger partial charge in [0.15, 0.2) is 0 Å². The van der Waals surface area contributed by atoms with E-state index in [1.807, 2.05) is 18.5 Å². The van der Waals surface area contributed by atoms with Gasteiger partial charge in [0.25, 0.3) is 0 Å². The van der Waals surface area contributed by atoms with Gasteiger partial charge in [-0.2, -0.15) is 0 Å². The van der Waals surface area contributed by atoms with Crippen LogP contribution in [0.4, 0.5) is 0 Å². The zero-order valence-electron chi connectivity index (χ0n) is 11.3. The average Bonchev–Trinajstić information content (AvgIpc) is 2.73. The molecule has 0 unspecified atom stereocenters. The summed E-state index contributed by atoms with van der Waals surface area (Å²) in [6, 6.07) is 2.48. The van der Waals surface area contributed by atoms with Gasteiger partial charge in [0.2, 0.25) is 0 Å². The number of rotatable bonds is 6. The Balaban J connectivity index is 2.23. The van der Waals surface area contributed by atoms with Crippen molar-refractivity contribution in [1.82, 2.24) is 14.5 Å². The van der Waals surface area contributed by atoms with Crippen LogP contribution in [0.5, 0.6) is 0 Å². The Kier molecular flexibility index (Phi) is 4.31. The van der Waals surface area contributed by atoms with Crippen molar-refractivity contribution in [2.45, 2.75) is 45.6 Å². The summed E-state index contributed by atoms with van der Waals surface area (Å²) in [6.45, 7) is 5.18. The van der Waals surface area contributed by atoms with E-state index in [0.29, 0.717) is 6.04 Å². The SMILES string of the molecule is CC(C)n1c(CCCCCN)nc2cnccc21. The van der Waals surface area contributed by atoms with Gasteiger partial charge in [-0.1, -0.05) is 6.42 Å². The van der Waals surface area contributed by atoms with Crippen LogP contribution in [0.3, 0.4) is 0 Å². The van der Waals surface area contributed by atoms with Gasteiger partial charge in [0, 0.05) is 18.7 Å². The molecule has 0 saturated heterocycles. The number of nitrogens with zero attached hydrogens (tertiary/aromatic N) is 3. The predicted octanol–water partition coefficient (Wildman–Crippen LogP) is 2.68. The number of nitrogens with two attached hydrogens (primary N) is 1. The number of unbranched alkanes of at least 4 members (excludes halogenated alkanes) is 2. The fraction of sp³-hybridized carbons (Fsp3) is 0.571. The largest absolute Gasteiger partial charge is 0.330 e. The van der Waals surface area contributed by atoms with Gasteiger partial charge in [-0.3, -0.25) is 4.98 Å². The fourth-order valence-electron chi connectivity index (χ4n) is 2.36. The summed E-state index contributed by atoms with van der Waals surface area (Å²) in [5.74, 6) is 1.17. The van der Waals surface area contributed by atoms with Crippen LogP contribution in [0.25, 0.3) is 11.0 Å². The molecule has 0 aliphatic carbocycles. The van der Waals surface area contributed by atoms with Crippen LogP contribution < -0.4 is 5.73 Å². The van der Waals surface area contributed by atoms with Crippen molar-refractivity contribution in [3.63, 3.8) is 0 Å². The number of pyridine rings is 1. The molecule has 18 heavy (non-hydrogen) atoms. The number of hydrogen-bond acceptors (Lipinski definition) is 3. The summed E-state index contributed by atoms with van der Waals surface area (Å²) in [5.41, 5.74) is 7.71. The van der Waals surface area contributed by atoms with E-state index in [1.54, 1.807) is 0 Å². The highest BCUT2D eigenvalue weighted by atomic mass is 15.1. The van der Waals surface area contributed by atoms with Crippen molar-refractivity contribution < 1.29 is 0 Å². The van der Waals surface area contributed by atoms with Crippen molar-refractivity contribution in [1.29, 1.82) is 0 Å². The summed E-state index contributed by atoms with van der Waals surface area (Å²) in [6.07, 6.45) is 8.13. The van der Waals surface area contributed by atoms with Crippen LogP contribution in [0, 0.1) is 0 Å². The summed E-state index contributed by atoms with van der Waals surface area (Å²) in [4.78, 5) is 8.84. The molecule has 0 atom stereocenters. The first kappa shape index (κ1) is 13.0. The molecular formula is C14H22N4. The fourth-order valence-corrected chi connectivity index (χ4v) is 2.36. The van der Waals surface area contributed by atoms with Crippen molar-refractivity contribution in [3.05, 3.63) is 24.3 Å². The number of aromatic nitrogens is 3. The lowest BCUT2D eigenvalue weighted by atomic mass is 10.2. The molecule has 0 bridgehead atoms. The van der Waals surface area contributed by atoms with E-state index in [4.69, 9.17) is 10.7 Å². The molecule has 0 aromatic carbocycles. The average molecular weight is 246 g/mol. The highest BCUT2D eigenvalue weighted by Gasteiger charge is 2.12. The van der Waals surface area contributed by atoms with Crippen LogP contribution in [0.2, 0.25) is 0 Å². The standard InChI is InChI=1S/C14H22N4/c1-11(2)18-13-7-9-16-10-12(13)17-14(18)6-4-3-5-8-15/h7,9-11H,3-6,8,15H2,1-2H3. The lowest BCUT2D eigenvalue weighted by Crippen LogP contribution is -2.07. The molecule has 2 aromatic rings. The number of aryl methyl sites for hydroxylation is 1. The molecule has 0 aliphatic rings. The molecule has 4 heteroatoms. The molecular weight excluding hydrogens is 224 g/mol. The summed E-state index contributed by atoms with van der Waals surface area (Å²) < 4.78 is 2.32. The van der Waals surface area contributed by atoms with E-state index in [2.05, 4.69) is 23.4 Å². The number of imidazole rings is 1. The Morgan fingerprint density at radius 2 is 2.11 bits per heavy atom. The lowest BCUT2D eigenvalue weighted by molar-refractivity contribution is 0.566.